The van der Waals surface area contributed by atoms with Crippen LogP contribution in [0.4, 0.5) is 15.2 Å². The molecule has 0 unspecified atom stereocenters. The molecule has 1 N–H and O–H groups in total. The zero-order valence-electron chi connectivity index (χ0n) is 17.1. The molecule has 0 saturated carbocycles. The van der Waals surface area contributed by atoms with E-state index in [2.05, 4.69) is 20.3 Å². The van der Waals surface area contributed by atoms with Crippen molar-refractivity contribution < 1.29 is 9.18 Å². The van der Waals surface area contributed by atoms with Crippen molar-refractivity contribution in [1.82, 2.24) is 14.6 Å². The van der Waals surface area contributed by atoms with Crippen molar-refractivity contribution in [2.75, 3.05) is 23.3 Å². The zero-order chi connectivity index (χ0) is 21.4. The molecule has 8 heteroatoms. The lowest BCUT2D eigenvalue weighted by Crippen LogP contribution is -2.38. The number of piperidine rings is 1. The summed E-state index contributed by atoms with van der Waals surface area (Å²) >= 11 is 1.53. The van der Waals surface area contributed by atoms with Crippen molar-refractivity contribution in [2.24, 2.45) is 5.92 Å². The minimum atomic E-state index is -0.263. The Morgan fingerprint density at radius 3 is 2.58 bits per heavy atom. The molecule has 1 aliphatic heterocycles. The number of para-hydroxylation sites is 1. The summed E-state index contributed by atoms with van der Waals surface area (Å²) in [6.45, 7) is 3.57. The molecule has 158 valence electrons. The number of rotatable bonds is 4. The number of aromatic nitrogens is 3. The van der Waals surface area contributed by atoms with E-state index in [1.54, 1.807) is 16.6 Å². The van der Waals surface area contributed by atoms with Crippen molar-refractivity contribution in [2.45, 2.75) is 19.8 Å². The van der Waals surface area contributed by atoms with E-state index < -0.39 is 0 Å². The molecule has 0 bridgehead atoms. The number of imidazole rings is 1. The Labute approximate surface area is 183 Å². The van der Waals surface area contributed by atoms with Crippen molar-refractivity contribution in [1.29, 1.82) is 0 Å². The van der Waals surface area contributed by atoms with Crippen LogP contribution in [-0.2, 0) is 4.79 Å². The Bertz CT molecular complexity index is 1190. The highest BCUT2D eigenvalue weighted by molar-refractivity contribution is 7.20. The normalized spacial score (nSPS) is 14.8. The Morgan fingerprint density at radius 2 is 1.87 bits per heavy atom. The number of carbonyl (C=O) groups is 1. The second-order valence-corrected chi connectivity index (χ2v) is 8.74. The Balaban J connectivity index is 1.23. The molecular formula is C23H22FN5OS. The third-order valence-corrected chi connectivity index (χ3v) is 6.70. The number of nitrogens with one attached hydrogen (secondary N) is 1. The molecule has 1 amide bonds. The van der Waals surface area contributed by atoms with E-state index in [1.165, 1.54) is 23.5 Å². The minimum Gasteiger partial charge on any atom is -0.347 e. The van der Waals surface area contributed by atoms with Gasteiger partial charge in [-0.05, 0) is 55.7 Å². The summed E-state index contributed by atoms with van der Waals surface area (Å²) in [5.74, 6) is -0.169. The van der Waals surface area contributed by atoms with E-state index in [4.69, 9.17) is 0 Å². The van der Waals surface area contributed by atoms with Gasteiger partial charge in [0.25, 0.3) is 0 Å². The highest BCUT2D eigenvalue weighted by Crippen LogP contribution is 2.30. The first-order valence-corrected chi connectivity index (χ1v) is 11.1. The maximum Gasteiger partial charge on any atom is 0.227 e. The van der Waals surface area contributed by atoms with Crippen molar-refractivity contribution in [3.63, 3.8) is 0 Å². The fourth-order valence-electron chi connectivity index (χ4n) is 3.86. The van der Waals surface area contributed by atoms with Crippen molar-refractivity contribution >= 4 is 33.0 Å². The number of hydrogen-bond acceptors (Lipinski definition) is 5. The topological polar surface area (TPSA) is 62.5 Å². The van der Waals surface area contributed by atoms with Gasteiger partial charge in [0, 0.05) is 30.3 Å². The molecule has 0 atom stereocenters. The van der Waals surface area contributed by atoms with E-state index in [0.717, 1.165) is 58.5 Å². The summed E-state index contributed by atoms with van der Waals surface area (Å²) in [6, 6.07) is 14.1. The molecule has 1 saturated heterocycles. The molecule has 4 aromatic rings. The Kier molecular flexibility index (Phi) is 5.15. The molecule has 0 radical (unpaired) electrons. The lowest BCUT2D eigenvalue weighted by molar-refractivity contribution is -0.120. The number of amides is 1. The van der Waals surface area contributed by atoms with Gasteiger partial charge in [0.15, 0.2) is 0 Å². The fraction of sp³-hybridized carbons (Fsp3) is 0.261. The number of halogens is 1. The summed E-state index contributed by atoms with van der Waals surface area (Å²) in [5, 5.41) is 8.65. The summed E-state index contributed by atoms with van der Waals surface area (Å²) in [4.78, 5) is 20.3. The SMILES string of the molecule is Cc1ccccc1NC(=O)C1CCN(c2nn3cc(-c4ccc(F)cc4)nc3s2)CC1. The van der Waals surface area contributed by atoms with Crippen LogP contribution in [0.2, 0.25) is 0 Å². The van der Waals surface area contributed by atoms with E-state index >= 15 is 0 Å². The fourth-order valence-corrected chi connectivity index (χ4v) is 4.79. The average Bonchev–Trinajstić information content (AvgIpc) is 3.35. The Morgan fingerprint density at radius 1 is 1.13 bits per heavy atom. The Hall–Kier alpha value is -3.26. The molecule has 0 aliphatic carbocycles. The van der Waals surface area contributed by atoms with Gasteiger partial charge in [-0.3, -0.25) is 4.79 Å². The first-order chi connectivity index (χ1) is 15.1. The first-order valence-electron chi connectivity index (χ1n) is 10.3. The largest absolute Gasteiger partial charge is 0.347 e. The molecule has 31 heavy (non-hydrogen) atoms. The molecule has 1 aliphatic rings. The lowest BCUT2D eigenvalue weighted by Gasteiger charge is -2.30. The van der Waals surface area contributed by atoms with Gasteiger partial charge in [0.2, 0.25) is 16.0 Å². The van der Waals surface area contributed by atoms with Crippen LogP contribution in [0.15, 0.2) is 54.7 Å². The van der Waals surface area contributed by atoms with E-state index in [-0.39, 0.29) is 17.6 Å². The minimum absolute atomic E-state index is 0.00461. The molecule has 2 aromatic heterocycles. The van der Waals surface area contributed by atoms with Crippen LogP contribution in [0, 0.1) is 18.7 Å². The number of carbonyl (C=O) groups excluding carboxylic acids is 1. The molecule has 2 aromatic carbocycles. The van der Waals surface area contributed by atoms with Crippen molar-refractivity contribution in [3.8, 4) is 11.3 Å². The van der Waals surface area contributed by atoms with Gasteiger partial charge in [0.05, 0.1) is 11.9 Å². The van der Waals surface area contributed by atoms with Crippen LogP contribution in [0.25, 0.3) is 16.2 Å². The number of benzene rings is 2. The van der Waals surface area contributed by atoms with Crippen LogP contribution in [-0.4, -0.2) is 33.6 Å². The van der Waals surface area contributed by atoms with Crippen LogP contribution in [0.1, 0.15) is 18.4 Å². The van der Waals surface area contributed by atoms with Gasteiger partial charge in [-0.2, -0.15) is 0 Å². The summed E-state index contributed by atoms with van der Waals surface area (Å²) < 4.78 is 14.9. The van der Waals surface area contributed by atoms with Crippen LogP contribution >= 0.6 is 11.3 Å². The second kappa shape index (κ2) is 8.11. The number of hydrogen-bond donors (Lipinski definition) is 1. The van der Waals surface area contributed by atoms with E-state index in [9.17, 15) is 9.18 Å². The molecular weight excluding hydrogens is 413 g/mol. The first kappa shape index (κ1) is 19.7. The maximum atomic E-state index is 13.1. The number of nitrogens with zero attached hydrogens (tertiary/aromatic N) is 4. The third-order valence-electron chi connectivity index (χ3n) is 5.71. The highest BCUT2D eigenvalue weighted by Gasteiger charge is 2.27. The smallest absolute Gasteiger partial charge is 0.227 e. The second-order valence-electron chi connectivity index (χ2n) is 7.81. The van der Waals surface area contributed by atoms with Gasteiger partial charge in [0.1, 0.15) is 5.82 Å². The predicted octanol–water partition coefficient (Wildman–Crippen LogP) is 4.76. The molecule has 3 heterocycles. The summed E-state index contributed by atoms with van der Waals surface area (Å²) in [6.07, 6.45) is 3.45. The number of aryl methyl sites for hydroxylation is 1. The summed E-state index contributed by atoms with van der Waals surface area (Å²) in [5.41, 5.74) is 3.59. The lowest BCUT2D eigenvalue weighted by atomic mass is 9.96. The van der Waals surface area contributed by atoms with Gasteiger partial charge >= 0.3 is 0 Å². The quantitative estimate of drug-likeness (QED) is 0.502. The van der Waals surface area contributed by atoms with Gasteiger partial charge in [-0.15, -0.1) is 5.10 Å². The predicted molar refractivity (Wildman–Crippen MR) is 121 cm³/mol. The van der Waals surface area contributed by atoms with Gasteiger partial charge in [-0.1, -0.05) is 29.5 Å². The van der Waals surface area contributed by atoms with E-state index in [0.29, 0.717) is 0 Å². The zero-order valence-corrected chi connectivity index (χ0v) is 17.9. The van der Waals surface area contributed by atoms with Gasteiger partial charge in [-0.25, -0.2) is 13.9 Å². The molecule has 0 spiro atoms. The number of anilines is 2. The highest BCUT2D eigenvalue weighted by atomic mass is 32.1. The molecule has 5 rings (SSSR count). The maximum absolute atomic E-state index is 13.1. The van der Waals surface area contributed by atoms with Crippen LogP contribution in [0.5, 0.6) is 0 Å². The average molecular weight is 436 g/mol. The third kappa shape index (κ3) is 4.03. The van der Waals surface area contributed by atoms with Crippen molar-refractivity contribution in [3.05, 3.63) is 66.1 Å². The van der Waals surface area contributed by atoms with Crippen LogP contribution in [0.3, 0.4) is 0 Å². The van der Waals surface area contributed by atoms with Gasteiger partial charge < -0.3 is 10.2 Å². The standard InChI is InChI=1S/C23H22FN5OS/c1-15-4-2-3-5-19(15)25-21(30)17-10-12-28(13-11-17)23-27-29-14-20(26-22(29)31-23)16-6-8-18(24)9-7-16/h2-9,14,17H,10-13H2,1H3,(H,25,30). The van der Waals surface area contributed by atoms with Crippen LogP contribution < -0.4 is 10.2 Å². The summed E-state index contributed by atoms with van der Waals surface area (Å²) in [7, 11) is 0. The monoisotopic (exact) mass is 435 g/mol. The molecule has 1 fully saturated rings. The number of fused-ring (bicyclic) bond motifs is 1. The van der Waals surface area contributed by atoms with E-state index in [1.807, 2.05) is 37.4 Å². The molecule has 6 nitrogen and oxygen atoms in total.